The van der Waals surface area contributed by atoms with Gasteiger partial charge in [0.2, 0.25) is 5.95 Å². The summed E-state index contributed by atoms with van der Waals surface area (Å²) in [7, 11) is 3.07. The number of hydrogen-bond donors (Lipinski definition) is 1. The zero-order valence-electron chi connectivity index (χ0n) is 18.1. The minimum Gasteiger partial charge on any atom is -0.493 e. The number of hydrogen-bond acceptors (Lipinski definition) is 6. The van der Waals surface area contributed by atoms with Crippen LogP contribution in [0.3, 0.4) is 0 Å². The number of H-pyrrole nitrogens is 1. The summed E-state index contributed by atoms with van der Waals surface area (Å²) >= 11 is 0. The molecule has 3 aromatic rings. The number of piperazine rings is 1. The lowest BCUT2D eigenvalue weighted by Crippen LogP contribution is -2.47. The molecule has 1 N–H and O–H groups in total. The summed E-state index contributed by atoms with van der Waals surface area (Å²) in [6.45, 7) is 1.97. The van der Waals surface area contributed by atoms with Gasteiger partial charge in [-0.1, -0.05) is 6.07 Å². The second kappa shape index (κ2) is 9.05. The van der Waals surface area contributed by atoms with Crippen LogP contribution in [0.5, 0.6) is 11.5 Å². The molecular formula is C23H23F3N4O3. The molecule has 2 heterocycles. The molecule has 0 unspecified atom stereocenters. The number of rotatable bonds is 5. The second-order valence-corrected chi connectivity index (χ2v) is 7.55. The van der Waals surface area contributed by atoms with Crippen LogP contribution < -0.4 is 24.8 Å². The lowest BCUT2D eigenvalue weighted by molar-refractivity contribution is -0.137. The Labute approximate surface area is 188 Å². The number of methoxy groups -OCH3 is 2. The number of nitrogens with zero attached hydrogens (tertiary/aromatic N) is 3. The van der Waals surface area contributed by atoms with Crippen LogP contribution in [0.1, 0.15) is 5.56 Å². The number of alkyl halides is 3. The van der Waals surface area contributed by atoms with Gasteiger partial charge in [0.25, 0.3) is 5.56 Å². The van der Waals surface area contributed by atoms with Crippen LogP contribution >= 0.6 is 0 Å². The van der Waals surface area contributed by atoms with Gasteiger partial charge in [0.1, 0.15) is 0 Å². The van der Waals surface area contributed by atoms with Gasteiger partial charge in [-0.05, 0) is 36.4 Å². The van der Waals surface area contributed by atoms with Crippen molar-refractivity contribution in [2.45, 2.75) is 6.18 Å². The Hall–Kier alpha value is -3.69. The molecule has 0 radical (unpaired) electrons. The number of benzene rings is 2. The van der Waals surface area contributed by atoms with Gasteiger partial charge < -0.3 is 19.3 Å². The lowest BCUT2D eigenvalue weighted by atomic mass is 10.1. The predicted octanol–water partition coefficient (Wildman–Crippen LogP) is 3.80. The van der Waals surface area contributed by atoms with Crippen LogP contribution in [-0.4, -0.2) is 50.4 Å². The van der Waals surface area contributed by atoms with Gasteiger partial charge >= 0.3 is 6.18 Å². The van der Waals surface area contributed by atoms with Gasteiger partial charge in [-0.15, -0.1) is 0 Å². The van der Waals surface area contributed by atoms with E-state index in [0.717, 1.165) is 12.1 Å². The molecule has 7 nitrogen and oxygen atoms in total. The second-order valence-electron chi connectivity index (χ2n) is 7.55. The summed E-state index contributed by atoms with van der Waals surface area (Å²) in [5.41, 5.74) is 0.726. The van der Waals surface area contributed by atoms with Gasteiger partial charge in [-0.2, -0.15) is 13.2 Å². The van der Waals surface area contributed by atoms with Crippen molar-refractivity contribution < 1.29 is 22.6 Å². The quantitative estimate of drug-likeness (QED) is 0.625. The molecule has 1 aromatic heterocycles. The number of nitrogens with one attached hydrogen (secondary N) is 1. The highest BCUT2D eigenvalue weighted by Crippen LogP contribution is 2.33. The highest BCUT2D eigenvalue weighted by atomic mass is 19.4. The normalized spacial score (nSPS) is 14.3. The molecule has 1 fully saturated rings. The Morgan fingerprint density at radius 2 is 1.61 bits per heavy atom. The molecule has 33 heavy (non-hydrogen) atoms. The average Bonchev–Trinajstić information content (AvgIpc) is 2.83. The highest BCUT2D eigenvalue weighted by molar-refractivity contribution is 5.65. The van der Waals surface area contributed by atoms with E-state index in [1.807, 2.05) is 9.80 Å². The zero-order valence-corrected chi connectivity index (χ0v) is 18.1. The molecule has 1 saturated heterocycles. The van der Waals surface area contributed by atoms with E-state index >= 15 is 0 Å². The molecule has 1 aliphatic rings. The van der Waals surface area contributed by atoms with Crippen molar-refractivity contribution in [2.24, 2.45) is 0 Å². The Kier molecular flexibility index (Phi) is 6.17. The number of aromatic amines is 1. The van der Waals surface area contributed by atoms with Crippen molar-refractivity contribution in [1.82, 2.24) is 9.97 Å². The van der Waals surface area contributed by atoms with Crippen molar-refractivity contribution >= 4 is 11.6 Å². The molecule has 0 aliphatic carbocycles. The molecule has 0 bridgehead atoms. The summed E-state index contributed by atoms with van der Waals surface area (Å²) < 4.78 is 49.7. The van der Waals surface area contributed by atoms with Crippen LogP contribution in [0.25, 0.3) is 11.3 Å². The van der Waals surface area contributed by atoms with Crippen LogP contribution in [0.4, 0.5) is 24.8 Å². The minimum absolute atomic E-state index is 0.301. The summed E-state index contributed by atoms with van der Waals surface area (Å²) in [4.78, 5) is 23.5. The molecule has 0 saturated carbocycles. The highest BCUT2D eigenvalue weighted by Gasteiger charge is 2.31. The number of halogens is 3. The van der Waals surface area contributed by atoms with E-state index in [0.29, 0.717) is 60.6 Å². The van der Waals surface area contributed by atoms with E-state index in [-0.39, 0.29) is 5.56 Å². The SMILES string of the molecule is COc1ccc(-c2cc(=O)[nH]c(N3CCN(c4cccc(C(F)(F)F)c4)CC3)n2)cc1OC. The first kappa shape index (κ1) is 22.5. The van der Waals surface area contributed by atoms with E-state index in [2.05, 4.69) is 9.97 Å². The molecule has 174 valence electrons. The molecule has 0 amide bonds. The van der Waals surface area contributed by atoms with E-state index in [1.165, 1.54) is 19.2 Å². The maximum atomic E-state index is 13.0. The van der Waals surface area contributed by atoms with Crippen LogP contribution in [-0.2, 0) is 6.18 Å². The fourth-order valence-corrected chi connectivity index (χ4v) is 3.79. The number of ether oxygens (including phenoxy) is 2. The smallest absolute Gasteiger partial charge is 0.416 e. The van der Waals surface area contributed by atoms with Crippen molar-refractivity contribution in [1.29, 1.82) is 0 Å². The third-order valence-corrected chi connectivity index (χ3v) is 5.53. The Morgan fingerprint density at radius 3 is 2.27 bits per heavy atom. The molecule has 1 aliphatic heterocycles. The first-order valence-electron chi connectivity index (χ1n) is 10.3. The summed E-state index contributed by atoms with van der Waals surface area (Å²) in [5.74, 6) is 1.50. The molecule has 0 spiro atoms. The van der Waals surface area contributed by atoms with Crippen LogP contribution in [0, 0.1) is 0 Å². The maximum absolute atomic E-state index is 13.0. The third-order valence-electron chi connectivity index (χ3n) is 5.53. The lowest BCUT2D eigenvalue weighted by Gasteiger charge is -2.36. The van der Waals surface area contributed by atoms with Gasteiger partial charge in [-0.3, -0.25) is 9.78 Å². The van der Waals surface area contributed by atoms with Gasteiger partial charge in [0.15, 0.2) is 11.5 Å². The fraction of sp³-hybridized carbons (Fsp3) is 0.304. The fourth-order valence-electron chi connectivity index (χ4n) is 3.79. The third kappa shape index (κ3) is 4.89. The van der Waals surface area contributed by atoms with E-state index in [4.69, 9.17) is 9.47 Å². The topological polar surface area (TPSA) is 70.7 Å². The van der Waals surface area contributed by atoms with Gasteiger partial charge in [0.05, 0.1) is 25.5 Å². The van der Waals surface area contributed by atoms with Crippen LogP contribution in [0.15, 0.2) is 53.3 Å². The zero-order chi connectivity index (χ0) is 23.6. The van der Waals surface area contributed by atoms with Crippen molar-refractivity contribution in [2.75, 3.05) is 50.2 Å². The first-order valence-corrected chi connectivity index (χ1v) is 10.3. The van der Waals surface area contributed by atoms with Crippen molar-refractivity contribution in [3.05, 3.63) is 64.4 Å². The van der Waals surface area contributed by atoms with Crippen LogP contribution in [0.2, 0.25) is 0 Å². The molecule has 0 atom stereocenters. The Balaban J connectivity index is 1.53. The van der Waals surface area contributed by atoms with Gasteiger partial charge in [0, 0.05) is 43.5 Å². The van der Waals surface area contributed by atoms with E-state index < -0.39 is 11.7 Å². The molecule has 4 rings (SSSR count). The van der Waals surface area contributed by atoms with Crippen molar-refractivity contribution in [3.63, 3.8) is 0 Å². The van der Waals surface area contributed by atoms with Crippen molar-refractivity contribution in [3.8, 4) is 22.8 Å². The summed E-state index contributed by atoms with van der Waals surface area (Å²) in [5, 5.41) is 0. The number of aromatic nitrogens is 2. The molecule has 2 aromatic carbocycles. The first-order chi connectivity index (χ1) is 15.8. The van der Waals surface area contributed by atoms with E-state index in [9.17, 15) is 18.0 Å². The summed E-state index contributed by atoms with van der Waals surface area (Å²) in [6, 6.07) is 12.0. The largest absolute Gasteiger partial charge is 0.493 e. The standard InChI is InChI=1S/C23H23F3N4O3/c1-32-19-7-6-15(12-20(19)33-2)18-14-21(31)28-22(27-18)30-10-8-29(9-11-30)17-5-3-4-16(13-17)23(24,25)26/h3-7,12-14H,8-11H2,1-2H3,(H,27,28,31). The average molecular weight is 460 g/mol. The van der Waals surface area contributed by atoms with E-state index in [1.54, 1.807) is 31.4 Å². The molecule has 10 heteroatoms. The maximum Gasteiger partial charge on any atom is 0.416 e. The Morgan fingerprint density at radius 1 is 0.909 bits per heavy atom. The van der Waals surface area contributed by atoms with Gasteiger partial charge in [-0.25, -0.2) is 4.98 Å². The monoisotopic (exact) mass is 460 g/mol. The minimum atomic E-state index is -4.38. The number of anilines is 2. The Bertz CT molecular complexity index is 1190. The summed E-state index contributed by atoms with van der Waals surface area (Å²) in [6.07, 6.45) is -4.38. The predicted molar refractivity (Wildman–Crippen MR) is 119 cm³/mol. The molecular weight excluding hydrogens is 437 g/mol.